The molecule has 0 amide bonds. The van der Waals surface area contributed by atoms with Crippen molar-refractivity contribution >= 4 is 11.3 Å². The molecule has 2 aromatic rings. The largest absolute Gasteiger partial charge is 0.320 e. The Morgan fingerprint density at radius 2 is 2.00 bits per heavy atom. The van der Waals surface area contributed by atoms with Crippen LogP contribution in [-0.4, -0.2) is 23.8 Å². The molecule has 4 heteroatoms. The third kappa shape index (κ3) is 3.85. The number of benzene rings is 1. The molecule has 1 aromatic heterocycles. The average Bonchev–Trinajstić information content (AvgIpc) is 2.90. The molecule has 3 nitrogen and oxygen atoms in total. The first-order valence-electron chi connectivity index (χ1n) is 6.87. The Bertz CT molecular complexity index is 481. The van der Waals surface area contributed by atoms with Gasteiger partial charge in [0.25, 0.3) is 0 Å². The summed E-state index contributed by atoms with van der Waals surface area (Å²) < 4.78 is 0. The van der Waals surface area contributed by atoms with Crippen molar-refractivity contribution in [2.75, 3.05) is 13.6 Å². The van der Waals surface area contributed by atoms with Crippen LogP contribution in [0.15, 0.2) is 30.3 Å². The fourth-order valence-electron chi connectivity index (χ4n) is 2.16. The van der Waals surface area contributed by atoms with Crippen molar-refractivity contribution in [1.29, 1.82) is 0 Å². The topological polar surface area (TPSA) is 37.8 Å². The second kappa shape index (κ2) is 7.36. The Morgan fingerprint density at radius 3 is 2.68 bits per heavy atom. The van der Waals surface area contributed by atoms with Crippen LogP contribution in [0.4, 0.5) is 0 Å². The van der Waals surface area contributed by atoms with Gasteiger partial charge < -0.3 is 5.32 Å². The summed E-state index contributed by atoms with van der Waals surface area (Å²) >= 11 is 1.76. The van der Waals surface area contributed by atoms with Crippen LogP contribution in [0.5, 0.6) is 0 Å². The van der Waals surface area contributed by atoms with Crippen molar-refractivity contribution in [2.45, 2.75) is 32.1 Å². The second-order valence-corrected chi connectivity index (χ2v) is 5.71. The first-order chi connectivity index (χ1) is 9.35. The molecule has 0 aliphatic rings. The second-order valence-electron chi connectivity index (χ2n) is 4.61. The lowest BCUT2D eigenvalue weighted by molar-refractivity contribution is 0.713. The Morgan fingerprint density at radius 1 is 1.21 bits per heavy atom. The summed E-state index contributed by atoms with van der Waals surface area (Å²) in [5.74, 6) is 0.386. The molecule has 19 heavy (non-hydrogen) atoms. The lowest BCUT2D eigenvalue weighted by atomic mass is 9.97. The van der Waals surface area contributed by atoms with Gasteiger partial charge in [0, 0.05) is 12.3 Å². The zero-order valence-corrected chi connectivity index (χ0v) is 12.4. The van der Waals surface area contributed by atoms with Gasteiger partial charge in [-0.25, -0.2) is 0 Å². The van der Waals surface area contributed by atoms with E-state index in [1.165, 1.54) is 5.56 Å². The van der Waals surface area contributed by atoms with Crippen molar-refractivity contribution in [3.63, 3.8) is 0 Å². The monoisotopic (exact) mass is 275 g/mol. The fraction of sp³-hybridized carbons (Fsp3) is 0.467. The van der Waals surface area contributed by atoms with Crippen molar-refractivity contribution in [3.05, 3.63) is 45.9 Å². The number of nitrogens with zero attached hydrogens (tertiary/aromatic N) is 2. The third-order valence-corrected chi connectivity index (χ3v) is 4.30. The number of hydrogen-bond donors (Lipinski definition) is 1. The molecular weight excluding hydrogens is 254 g/mol. The minimum absolute atomic E-state index is 0.386. The quantitative estimate of drug-likeness (QED) is 0.788. The molecule has 0 aliphatic heterocycles. The van der Waals surface area contributed by atoms with Gasteiger partial charge in [-0.15, -0.1) is 21.5 Å². The molecule has 1 heterocycles. The molecule has 0 aliphatic carbocycles. The van der Waals surface area contributed by atoms with Gasteiger partial charge in [-0.1, -0.05) is 37.3 Å². The van der Waals surface area contributed by atoms with E-state index in [1.807, 2.05) is 7.05 Å². The summed E-state index contributed by atoms with van der Waals surface area (Å²) in [7, 11) is 1.98. The number of nitrogens with one attached hydrogen (secondary N) is 1. The number of aromatic nitrogens is 2. The molecule has 1 unspecified atom stereocenters. The van der Waals surface area contributed by atoms with Crippen molar-refractivity contribution in [1.82, 2.24) is 15.5 Å². The van der Waals surface area contributed by atoms with Crippen molar-refractivity contribution < 1.29 is 0 Å². The molecule has 0 bridgehead atoms. The van der Waals surface area contributed by atoms with Gasteiger partial charge in [-0.2, -0.15) is 0 Å². The van der Waals surface area contributed by atoms with E-state index < -0.39 is 0 Å². The maximum absolute atomic E-state index is 4.39. The van der Waals surface area contributed by atoms with Crippen LogP contribution in [0.1, 0.15) is 41.3 Å². The number of rotatable bonds is 7. The van der Waals surface area contributed by atoms with Gasteiger partial charge in [0.05, 0.1) is 0 Å². The summed E-state index contributed by atoms with van der Waals surface area (Å²) in [5, 5.41) is 14.2. The van der Waals surface area contributed by atoms with Gasteiger partial charge in [0.2, 0.25) is 0 Å². The fourth-order valence-corrected chi connectivity index (χ4v) is 3.26. The Balaban J connectivity index is 2.07. The van der Waals surface area contributed by atoms with Gasteiger partial charge in [-0.05, 0) is 32.0 Å². The summed E-state index contributed by atoms with van der Waals surface area (Å²) in [6, 6.07) is 10.6. The van der Waals surface area contributed by atoms with Crippen LogP contribution >= 0.6 is 11.3 Å². The smallest absolute Gasteiger partial charge is 0.124 e. The highest BCUT2D eigenvalue weighted by Gasteiger charge is 2.16. The van der Waals surface area contributed by atoms with Crippen LogP contribution < -0.4 is 5.32 Å². The standard InChI is InChI=1S/C15H21N3S/c1-3-13(12-8-5-4-6-9-12)15-18-17-14(19-15)10-7-11-16-2/h4-6,8-9,13,16H,3,7,10-11H2,1-2H3. The molecule has 1 N–H and O–H groups in total. The minimum atomic E-state index is 0.386. The van der Waals surface area contributed by atoms with E-state index >= 15 is 0 Å². The first kappa shape index (κ1) is 14.2. The van der Waals surface area contributed by atoms with E-state index in [0.29, 0.717) is 5.92 Å². The van der Waals surface area contributed by atoms with E-state index in [0.717, 1.165) is 35.8 Å². The first-order valence-corrected chi connectivity index (χ1v) is 7.68. The predicted octanol–water partition coefficient (Wildman–Crippen LogP) is 3.23. The molecule has 102 valence electrons. The van der Waals surface area contributed by atoms with Crippen LogP contribution in [-0.2, 0) is 6.42 Å². The third-order valence-electron chi connectivity index (χ3n) is 3.21. The molecular formula is C15H21N3S. The molecule has 0 saturated carbocycles. The maximum Gasteiger partial charge on any atom is 0.124 e. The number of aryl methyl sites for hydroxylation is 1. The summed E-state index contributed by atoms with van der Waals surface area (Å²) in [6.07, 6.45) is 3.20. The molecule has 0 radical (unpaired) electrons. The lowest BCUT2D eigenvalue weighted by Crippen LogP contribution is -2.08. The van der Waals surface area contributed by atoms with Crippen molar-refractivity contribution in [3.8, 4) is 0 Å². The maximum atomic E-state index is 4.39. The Labute approximate surface area is 119 Å². The van der Waals surface area contributed by atoms with Crippen LogP contribution in [0, 0.1) is 0 Å². The number of hydrogen-bond acceptors (Lipinski definition) is 4. The minimum Gasteiger partial charge on any atom is -0.320 e. The molecule has 1 atom stereocenters. The van der Waals surface area contributed by atoms with E-state index in [9.17, 15) is 0 Å². The Kier molecular flexibility index (Phi) is 5.48. The lowest BCUT2D eigenvalue weighted by Gasteiger charge is -2.11. The molecule has 0 saturated heterocycles. The van der Waals surface area contributed by atoms with Crippen LogP contribution in [0.3, 0.4) is 0 Å². The predicted molar refractivity (Wildman–Crippen MR) is 80.7 cm³/mol. The van der Waals surface area contributed by atoms with Gasteiger partial charge in [-0.3, -0.25) is 0 Å². The van der Waals surface area contributed by atoms with Crippen molar-refractivity contribution in [2.24, 2.45) is 0 Å². The molecule has 0 spiro atoms. The van der Waals surface area contributed by atoms with E-state index in [-0.39, 0.29) is 0 Å². The highest BCUT2D eigenvalue weighted by Crippen LogP contribution is 2.30. The van der Waals surface area contributed by atoms with Gasteiger partial charge in [0.1, 0.15) is 10.0 Å². The highest BCUT2D eigenvalue weighted by atomic mass is 32.1. The van der Waals surface area contributed by atoms with E-state index in [1.54, 1.807) is 11.3 Å². The van der Waals surface area contributed by atoms with Gasteiger partial charge >= 0.3 is 0 Å². The summed E-state index contributed by atoms with van der Waals surface area (Å²) in [5.41, 5.74) is 1.34. The van der Waals surface area contributed by atoms with E-state index in [4.69, 9.17) is 0 Å². The van der Waals surface area contributed by atoms with Gasteiger partial charge in [0.15, 0.2) is 0 Å². The zero-order valence-electron chi connectivity index (χ0n) is 11.6. The summed E-state index contributed by atoms with van der Waals surface area (Å²) in [6.45, 7) is 3.24. The molecule has 2 rings (SSSR count). The van der Waals surface area contributed by atoms with Crippen LogP contribution in [0.2, 0.25) is 0 Å². The Hall–Kier alpha value is -1.26. The zero-order chi connectivity index (χ0) is 13.5. The summed E-state index contributed by atoms with van der Waals surface area (Å²) in [4.78, 5) is 0. The molecule has 0 fully saturated rings. The molecule has 1 aromatic carbocycles. The highest BCUT2D eigenvalue weighted by molar-refractivity contribution is 7.11. The average molecular weight is 275 g/mol. The SMILES string of the molecule is CCC(c1ccccc1)c1nnc(CCCNC)s1. The van der Waals surface area contributed by atoms with E-state index in [2.05, 4.69) is 52.8 Å². The van der Waals surface area contributed by atoms with Crippen LogP contribution in [0.25, 0.3) is 0 Å². The normalized spacial score (nSPS) is 12.5.